The molecule has 1 heterocycles. The fourth-order valence-electron chi connectivity index (χ4n) is 1.31. The van der Waals surface area contributed by atoms with Gasteiger partial charge in [0, 0.05) is 0 Å². The molecule has 2 aromatic rings. The molecular weight excluding hydrogens is 204 g/mol. The van der Waals surface area contributed by atoms with Gasteiger partial charge in [-0.2, -0.15) is 5.26 Å². The van der Waals surface area contributed by atoms with Crippen molar-refractivity contribution in [2.45, 2.75) is 6.61 Å². The molecule has 4 heteroatoms. The minimum absolute atomic E-state index is 0.298. The number of furan rings is 1. The van der Waals surface area contributed by atoms with Gasteiger partial charge in [-0.15, -0.1) is 0 Å². The normalized spacial score (nSPS) is 9.69. The zero-order valence-corrected chi connectivity index (χ0v) is 8.51. The Morgan fingerprint density at radius 3 is 2.88 bits per heavy atom. The lowest BCUT2D eigenvalue weighted by molar-refractivity contribution is 0.271. The van der Waals surface area contributed by atoms with Gasteiger partial charge in [-0.05, 0) is 24.3 Å². The van der Waals surface area contributed by atoms with E-state index in [4.69, 9.17) is 20.1 Å². The number of para-hydroxylation sites is 1. The van der Waals surface area contributed by atoms with E-state index in [9.17, 15) is 0 Å². The molecule has 0 saturated heterocycles. The molecule has 0 unspecified atom stereocenters. The minimum Gasteiger partial charge on any atom is -0.483 e. The zero-order chi connectivity index (χ0) is 11.4. The van der Waals surface area contributed by atoms with Gasteiger partial charge >= 0.3 is 0 Å². The number of hydrogen-bond donors (Lipinski definition) is 1. The standard InChI is InChI=1S/C12H10N2O2/c13-7-9-3-1-5-11(12(9)14)16-8-10-4-2-6-15-10/h1-6H,8,14H2. The predicted octanol–water partition coefficient (Wildman–Crippen LogP) is 2.31. The fraction of sp³-hybridized carbons (Fsp3) is 0.0833. The molecule has 1 aromatic heterocycles. The number of hydrogen-bond acceptors (Lipinski definition) is 4. The Kier molecular flexibility index (Phi) is 2.79. The van der Waals surface area contributed by atoms with Gasteiger partial charge < -0.3 is 14.9 Å². The van der Waals surface area contributed by atoms with Crippen LogP contribution in [0.4, 0.5) is 5.69 Å². The molecule has 0 spiro atoms. The highest BCUT2D eigenvalue weighted by molar-refractivity contribution is 5.62. The van der Waals surface area contributed by atoms with Crippen LogP contribution in [0.5, 0.6) is 5.75 Å². The molecule has 80 valence electrons. The largest absolute Gasteiger partial charge is 0.483 e. The van der Waals surface area contributed by atoms with Crippen LogP contribution in [0.1, 0.15) is 11.3 Å². The van der Waals surface area contributed by atoms with Crippen molar-refractivity contribution >= 4 is 5.69 Å². The Hall–Kier alpha value is -2.41. The van der Waals surface area contributed by atoms with Crippen LogP contribution in [0.15, 0.2) is 41.0 Å². The summed E-state index contributed by atoms with van der Waals surface area (Å²) in [6.07, 6.45) is 1.58. The van der Waals surface area contributed by atoms with Crippen LogP contribution in [0, 0.1) is 11.3 Å². The number of rotatable bonds is 3. The quantitative estimate of drug-likeness (QED) is 0.796. The van der Waals surface area contributed by atoms with Crippen molar-refractivity contribution in [3.05, 3.63) is 47.9 Å². The second-order valence-corrected chi connectivity index (χ2v) is 3.20. The SMILES string of the molecule is N#Cc1cccc(OCc2ccco2)c1N. The number of nitriles is 1. The van der Waals surface area contributed by atoms with Crippen LogP contribution in [0.2, 0.25) is 0 Å². The van der Waals surface area contributed by atoms with Crippen LogP contribution < -0.4 is 10.5 Å². The first-order valence-corrected chi connectivity index (χ1v) is 4.75. The molecule has 0 fully saturated rings. The Balaban J connectivity index is 2.13. The van der Waals surface area contributed by atoms with Crippen molar-refractivity contribution in [2.75, 3.05) is 5.73 Å². The molecule has 0 aliphatic heterocycles. The third-order valence-corrected chi connectivity index (χ3v) is 2.14. The molecule has 16 heavy (non-hydrogen) atoms. The highest BCUT2D eigenvalue weighted by atomic mass is 16.5. The molecule has 0 radical (unpaired) electrons. The molecule has 2 N–H and O–H groups in total. The van der Waals surface area contributed by atoms with Crippen molar-refractivity contribution in [3.63, 3.8) is 0 Å². The molecule has 0 aliphatic carbocycles. The molecular formula is C12H10N2O2. The summed E-state index contributed by atoms with van der Waals surface area (Å²) in [5.74, 6) is 1.21. The molecule has 4 nitrogen and oxygen atoms in total. The van der Waals surface area contributed by atoms with E-state index < -0.39 is 0 Å². The fourth-order valence-corrected chi connectivity index (χ4v) is 1.31. The summed E-state index contributed by atoms with van der Waals surface area (Å²) < 4.78 is 10.6. The minimum atomic E-state index is 0.298. The van der Waals surface area contributed by atoms with Crippen LogP contribution in [0.25, 0.3) is 0 Å². The van der Waals surface area contributed by atoms with Gasteiger partial charge in [-0.3, -0.25) is 0 Å². The number of ether oxygens (including phenoxy) is 1. The topological polar surface area (TPSA) is 72.2 Å². The lowest BCUT2D eigenvalue weighted by Gasteiger charge is -2.07. The van der Waals surface area contributed by atoms with Gasteiger partial charge in [0.2, 0.25) is 0 Å². The van der Waals surface area contributed by atoms with Crippen molar-refractivity contribution in [1.29, 1.82) is 5.26 Å². The first-order chi connectivity index (χ1) is 7.81. The highest BCUT2D eigenvalue weighted by Crippen LogP contribution is 2.25. The number of nitrogens with zero attached hydrogens (tertiary/aromatic N) is 1. The third kappa shape index (κ3) is 1.98. The van der Waals surface area contributed by atoms with E-state index in [2.05, 4.69) is 0 Å². The molecule has 0 saturated carbocycles. The second kappa shape index (κ2) is 4.41. The summed E-state index contributed by atoms with van der Waals surface area (Å²) in [4.78, 5) is 0. The number of nitrogens with two attached hydrogens (primary N) is 1. The van der Waals surface area contributed by atoms with Crippen molar-refractivity contribution in [3.8, 4) is 11.8 Å². The van der Waals surface area contributed by atoms with Gasteiger partial charge in [0.1, 0.15) is 24.2 Å². The zero-order valence-electron chi connectivity index (χ0n) is 8.51. The highest BCUT2D eigenvalue weighted by Gasteiger charge is 2.06. The van der Waals surface area contributed by atoms with Crippen LogP contribution in [-0.4, -0.2) is 0 Å². The van der Waals surface area contributed by atoms with Crippen molar-refractivity contribution < 1.29 is 9.15 Å². The number of nitrogen functional groups attached to an aromatic ring is 1. The maximum Gasteiger partial charge on any atom is 0.146 e. The number of anilines is 1. The van der Waals surface area contributed by atoms with Crippen LogP contribution in [0.3, 0.4) is 0 Å². The third-order valence-electron chi connectivity index (χ3n) is 2.14. The average molecular weight is 214 g/mol. The lowest BCUT2D eigenvalue weighted by Crippen LogP contribution is -1.99. The van der Waals surface area contributed by atoms with E-state index in [1.165, 1.54) is 0 Å². The van der Waals surface area contributed by atoms with Crippen molar-refractivity contribution in [1.82, 2.24) is 0 Å². The van der Waals surface area contributed by atoms with E-state index >= 15 is 0 Å². The maximum absolute atomic E-state index is 8.79. The number of benzene rings is 1. The molecule has 0 bridgehead atoms. The van der Waals surface area contributed by atoms with E-state index in [-0.39, 0.29) is 0 Å². The second-order valence-electron chi connectivity index (χ2n) is 3.20. The smallest absolute Gasteiger partial charge is 0.146 e. The van der Waals surface area contributed by atoms with E-state index in [0.29, 0.717) is 29.4 Å². The molecule has 0 aliphatic rings. The Bertz CT molecular complexity index is 512. The maximum atomic E-state index is 8.79. The van der Waals surface area contributed by atoms with Crippen LogP contribution >= 0.6 is 0 Å². The molecule has 0 amide bonds. The summed E-state index contributed by atoms with van der Waals surface area (Å²) in [5.41, 5.74) is 6.53. The summed E-state index contributed by atoms with van der Waals surface area (Å²) in [7, 11) is 0. The van der Waals surface area contributed by atoms with Crippen LogP contribution in [-0.2, 0) is 6.61 Å². The van der Waals surface area contributed by atoms with E-state index in [1.807, 2.05) is 12.1 Å². The summed E-state index contributed by atoms with van der Waals surface area (Å²) >= 11 is 0. The predicted molar refractivity (Wildman–Crippen MR) is 58.6 cm³/mol. The molecule has 2 rings (SSSR count). The summed E-state index contributed by atoms with van der Waals surface area (Å²) in [5, 5.41) is 8.79. The summed E-state index contributed by atoms with van der Waals surface area (Å²) in [6.45, 7) is 0.298. The lowest BCUT2D eigenvalue weighted by atomic mass is 10.2. The monoisotopic (exact) mass is 214 g/mol. The molecule has 1 aromatic carbocycles. The van der Waals surface area contributed by atoms with Gasteiger partial charge in [0.05, 0.1) is 17.5 Å². The van der Waals surface area contributed by atoms with Gasteiger partial charge in [-0.1, -0.05) is 6.07 Å². The Morgan fingerprint density at radius 2 is 2.19 bits per heavy atom. The van der Waals surface area contributed by atoms with Gasteiger partial charge in [0.25, 0.3) is 0 Å². The Morgan fingerprint density at radius 1 is 1.31 bits per heavy atom. The van der Waals surface area contributed by atoms with Gasteiger partial charge in [0.15, 0.2) is 0 Å². The molecule has 0 atom stereocenters. The Labute approximate surface area is 92.9 Å². The average Bonchev–Trinajstić information content (AvgIpc) is 2.81. The van der Waals surface area contributed by atoms with Gasteiger partial charge in [-0.25, -0.2) is 0 Å². The first kappa shape index (κ1) is 10.1. The first-order valence-electron chi connectivity index (χ1n) is 4.75. The van der Waals surface area contributed by atoms with E-state index in [0.717, 1.165) is 0 Å². The summed E-state index contributed by atoms with van der Waals surface area (Å²) in [6, 6.07) is 10.7. The van der Waals surface area contributed by atoms with Crippen molar-refractivity contribution in [2.24, 2.45) is 0 Å². The van der Waals surface area contributed by atoms with E-state index in [1.54, 1.807) is 30.5 Å².